The first-order valence-electron chi connectivity index (χ1n) is 5.59. The van der Waals surface area contributed by atoms with Crippen molar-refractivity contribution in [1.29, 1.82) is 0 Å². The number of cyclic esters (lactones) is 1. The lowest BCUT2D eigenvalue weighted by atomic mass is 9.97. The van der Waals surface area contributed by atoms with Crippen molar-refractivity contribution >= 4 is 11.9 Å². The Morgan fingerprint density at radius 1 is 1.32 bits per heavy atom. The van der Waals surface area contributed by atoms with E-state index < -0.39 is 42.4 Å². The molecule has 0 aromatic heterocycles. The van der Waals surface area contributed by atoms with Crippen molar-refractivity contribution in [2.75, 3.05) is 13.7 Å². The third-order valence-corrected chi connectivity index (χ3v) is 2.78. The molecule has 0 bridgehead atoms. The number of esters is 2. The van der Waals surface area contributed by atoms with Crippen molar-refractivity contribution in [1.82, 2.24) is 0 Å². The van der Waals surface area contributed by atoms with Gasteiger partial charge in [0.1, 0.15) is 0 Å². The Bertz CT molecular complexity index is 466. The molecule has 0 N–H and O–H groups in total. The first-order valence-corrected chi connectivity index (χ1v) is 5.59. The molecule has 0 aromatic carbocycles. The van der Waals surface area contributed by atoms with Crippen molar-refractivity contribution in [3.63, 3.8) is 0 Å². The van der Waals surface area contributed by atoms with Crippen molar-refractivity contribution in [2.24, 2.45) is 0 Å². The van der Waals surface area contributed by atoms with E-state index in [4.69, 9.17) is 0 Å². The number of carbonyl (C=O) groups excluding carboxylic acids is 2. The minimum Gasteiger partial charge on any atom is -0.447 e. The Morgan fingerprint density at radius 2 is 1.82 bits per heavy atom. The number of carbonyl (C=O) groups is 2. The van der Waals surface area contributed by atoms with Gasteiger partial charge >= 0.3 is 29.9 Å². The van der Waals surface area contributed by atoms with E-state index in [1.54, 1.807) is 0 Å². The molecule has 1 rings (SSSR count). The van der Waals surface area contributed by atoms with Crippen LogP contribution in [0.3, 0.4) is 0 Å². The molecule has 1 heterocycles. The van der Waals surface area contributed by atoms with Gasteiger partial charge in [0.15, 0.2) is 0 Å². The molecule has 5 nitrogen and oxygen atoms in total. The normalized spacial score (nSPS) is 21.4. The molecular weight excluding hydrogens is 326 g/mol. The molecule has 1 aliphatic heterocycles. The summed E-state index contributed by atoms with van der Waals surface area (Å²) in [7, 11) is 1.17. The number of ether oxygens (including phenoxy) is 3. The van der Waals surface area contributed by atoms with Gasteiger partial charge in [-0.2, -0.15) is 26.3 Å². The van der Waals surface area contributed by atoms with Crippen molar-refractivity contribution in [3.05, 3.63) is 12.2 Å². The molecule has 0 spiro atoms. The summed E-state index contributed by atoms with van der Waals surface area (Å²) in [5.74, 6) is -3.29. The SMILES string of the molecule is C=C(COC)C(=O)OC1CC(C(F)(F)F)(C(F)(F)F)OC1=O. The fraction of sp³-hybridized carbons (Fsp3) is 0.636. The Morgan fingerprint density at radius 3 is 2.18 bits per heavy atom. The number of rotatable bonds is 4. The quantitative estimate of drug-likeness (QED) is 0.446. The van der Waals surface area contributed by atoms with E-state index in [1.165, 1.54) is 7.11 Å². The van der Waals surface area contributed by atoms with Gasteiger partial charge < -0.3 is 14.2 Å². The molecule has 11 heteroatoms. The number of hydrogen-bond acceptors (Lipinski definition) is 5. The molecule has 1 atom stereocenters. The highest BCUT2D eigenvalue weighted by atomic mass is 19.4. The lowest BCUT2D eigenvalue weighted by Gasteiger charge is -2.31. The van der Waals surface area contributed by atoms with Crippen LogP contribution in [0.1, 0.15) is 6.42 Å². The van der Waals surface area contributed by atoms with Crippen molar-refractivity contribution in [2.45, 2.75) is 30.5 Å². The van der Waals surface area contributed by atoms with Gasteiger partial charge in [-0.25, -0.2) is 9.59 Å². The number of halogens is 6. The summed E-state index contributed by atoms with van der Waals surface area (Å²) in [6.07, 6.45) is -16.1. The van der Waals surface area contributed by atoms with Crippen LogP contribution in [-0.4, -0.2) is 49.7 Å². The van der Waals surface area contributed by atoms with E-state index in [-0.39, 0.29) is 12.2 Å². The van der Waals surface area contributed by atoms with Gasteiger partial charge in [0, 0.05) is 7.11 Å². The van der Waals surface area contributed by atoms with Gasteiger partial charge in [-0.15, -0.1) is 0 Å². The predicted octanol–water partition coefficient (Wildman–Crippen LogP) is 1.91. The standard InChI is InChI=1S/C11H10F6O5/c1-5(4-20-2)7(18)21-6-3-9(10(12,13)14,11(15,16)17)22-8(6)19/h6H,1,3-4H2,2H3. The fourth-order valence-electron chi connectivity index (χ4n) is 1.67. The smallest absolute Gasteiger partial charge is 0.437 e. The van der Waals surface area contributed by atoms with Crippen LogP contribution in [0.5, 0.6) is 0 Å². The third-order valence-electron chi connectivity index (χ3n) is 2.78. The highest BCUT2D eigenvalue weighted by Crippen LogP contribution is 2.52. The zero-order chi connectivity index (χ0) is 17.3. The third kappa shape index (κ3) is 3.18. The Labute approximate surface area is 119 Å². The zero-order valence-corrected chi connectivity index (χ0v) is 11.0. The van der Waals surface area contributed by atoms with E-state index in [1.807, 2.05) is 0 Å². The average molecular weight is 336 g/mol. The second kappa shape index (κ2) is 5.78. The zero-order valence-electron chi connectivity index (χ0n) is 11.0. The summed E-state index contributed by atoms with van der Waals surface area (Å²) in [4.78, 5) is 22.6. The number of methoxy groups -OCH3 is 1. The fourth-order valence-corrected chi connectivity index (χ4v) is 1.67. The molecule has 22 heavy (non-hydrogen) atoms. The minimum atomic E-state index is -5.91. The minimum absolute atomic E-state index is 0.371. The van der Waals surface area contributed by atoms with Gasteiger partial charge in [0.25, 0.3) is 0 Å². The largest absolute Gasteiger partial charge is 0.447 e. The van der Waals surface area contributed by atoms with Crippen LogP contribution in [0, 0.1) is 0 Å². The lowest BCUT2D eigenvalue weighted by molar-refractivity contribution is -0.361. The molecule has 1 aliphatic rings. The Hall–Kier alpha value is -1.78. The van der Waals surface area contributed by atoms with Gasteiger partial charge in [-0.05, 0) is 0 Å². The number of hydrogen-bond donors (Lipinski definition) is 0. The highest BCUT2D eigenvalue weighted by Gasteiger charge is 2.78. The first kappa shape index (κ1) is 18.3. The van der Waals surface area contributed by atoms with Crippen LogP contribution < -0.4 is 0 Å². The van der Waals surface area contributed by atoms with Crippen molar-refractivity contribution < 1.29 is 50.1 Å². The van der Waals surface area contributed by atoms with Crippen LogP contribution in [0.4, 0.5) is 26.3 Å². The van der Waals surface area contributed by atoms with E-state index in [0.717, 1.165) is 0 Å². The maximum absolute atomic E-state index is 12.7. The van der Waals surface area contributed by atoms with E-state index in [2.05, 4.69) is 20.8 Å². The summed E-state index contributed by atoms with van der Waals surface area (Å²) in [5.41, 5.74) is -5.09. The maximum atomic E-state index is 12.7. The van der Waals surface area contributed by atoms with Crippen LogP contribution in [0.15, 0.2) is 12.2 Å². The number of alkyl halides is 6. The van der Waals surface area contributed by atoms with Gasteiger partial charge in [-0.3, -0.25) is 0 Å². The summed E-state index contributed by atoms with van der Waals surface area (Å²) in [6, 6.07) is 0. The summed E-state index contributed by atoms with van der Waals surface area (Å²) >= 11 is 0. The summed E-state index contributed by atoms with van der Waals surface area (Å²) in [5, 5.41) is 0. The summed E-state index contributed by atoms with van der Waals surface area (Å²) in [6.45, 7) is 2.78. The predicted molar refractivity (Wildman–Crippen MR) is 56.4 cm³/mol. The van der Waals surface area contributed by atoms with Crippen LogP contribution in [0.2, 0.25) is 0 Å². The molecule has 1 saturated heterocycles. The molecule has 0 saturated carbocycles. The topological polar surface area (TPSA) is 61.8 Å². The molecule has 0 amide bonds. The van der Waals surface area contributed by atoms with Gasteiger partial charge in [-0.1, -0.05) is 6.58 Å². The molecule has 126 valence electrons. The van der Waals surface area contributed by atoms with Gasteiger partial charge in [0.2, 0.25) is 6.10 Å². The first-order chi connectivity index (χ1) is 9.85. The Balaban J connectivity index is 2.98. The Kier molecular flexibility index (Phi) is 4.80. The molecule has 0 aromatic rings. The summed E-state index contributed by atoms with van der Waals surface area (Å²) < 4.78 is 88.5. The molecular formula is C11H10F6O5. The van der Waals surface area contributed by atoms with E-state index >= 15 is 0 Å². The van der Waals surface area contributed by atoms with Gasteiger partial charge in [0.05, 0.1) is 18.6 Å². The van der Waals surface area contributed by atoms with Crippen LogP contribution in [-0.2, 0) is 23.8 Å². The lowest BCUT2D eigenvalue weighted by Crippen LogP contribution is -2.56. The monoisotopic (exact) mass is 336 g/mol. The maximum Gasteiger partial charge on any atom is 0.437 e. The second-order valence-electron chi connectivity index (χ2n) is 4.38. The molecule has 1 fully saturated rings. The van der Waals surface area contributed by atoms with E-state index in [9.17, 15) is 35.9 Å². The molecule has 1 unspecified atom stereocenters. The van der Waals surface area contributed by atoms with Crippen LogP contribution >= 0.6 is 0 Å². The average Bonchev–Trinajstić information content (AvgIpc) is 2.67. The van der Waals surface area contributed by atoms with Crippen LogP contribution in [0.25, 0.3) is 0 Å². The van der Waals surface area contributed by atoms with E-state index in [0.29, 0.717) is 0 Å². The highest BCUT2D eigenvalue weighted by molar-refractivity contribution is 5.90. The van der Waals surface area contributed by atoms with Crippen molar-refractivity contribution in [3.8, 4) is 0 Å². The molecule has 0 radical (unpaired) electrons. The molecule has 0 aliphatic carbocycles. The second-order valence-corrected chi connectivity index (χ2v) is 4.38.